The van der Waals surface area contributed by atoms with E-state index in [2.05, 4.69) is 199 Å². The zero-order chi connectivity index (χ0) is 36.6. The second-order valence-electron chi connectivity index (χ2n) is 16.2. The molecule has 8 rings (SSSR count). The summed E-state index contributed by atoms with van der Waals surface area (Å²) in [5.74, 6) is 0. The van der Waals surface area contributed by atoms with E-state index >= 15 is 0 Å². The maximum absolute atomic E-state index is 4.58. The van der Waals surface area contributed by atoms with Crippen LogP contribution in [0.25, 0.3) is 66.3 Å². The molecule has 0 aliphatic heterocycles. The van der Waals surface area contributed by atoms with Crippen LogP contribution in [0.3, 0.4) is 0 Å². The number of aromatic nitrogens is 2. The molecule has 0 fully saturated rings. The molecule has 0 saturated carbocycles. The summed E-state index contributed by atoms with van der Waals surface area (Å²) >= 11 is 0. The molecule has 0 amide bonds. The van der Waals surface area contributed by atoms with Crippen LogP contribution in [0, 0.1) is 13.8 Å². The van der Waals surface area contributed by atoms with Crippen molar-refractivity contribution in [3.63, 3.8) is 0 Å². The first kappa shape index (κ1) is 38.0. The van der Waals surface area contributed by atoms with E-state index in [4.69, 9.17) is 0 Å². The van der Waals surface area contributed by atoms with Crippen molar-refractivity contribution >= 4 is 21.5 Å². The third-order valence-corrected chi connectivity index (χ3v) is 10.0. The topological polar surface area (TPSA) is 25.8 Å². The summed E-state index contributed by atoms with van der Waals surface area (Å²) in [6, 6.07) is 48.5. The van der Waals surface area contributed by atoms with Crippen LogP contribution < -0.4 is 0 Å². The first-order valence-electron chi connectivity index (χ1n) is 18.3. The van der Waals surface area contributed by atoms with Crippen LogP contribution in [0.2, 0.25) is 0 Å². The molecule has 0 atom stereocenters. The Morgan fingerprint density at radius 1 is 0.453 bits per heavy atom. The van der Waals surface area contributed by atoms with Gasteiger partial charge < -0.3 is 0 Å². The first-order valence-corrected chi connectivity index (χ1v) is 18.3. The molecule has 0 spiro atoms. The maximum atomic E-state index is 4.58. The molecule has 0 saturated heterocycles. The summed E-state index contributed by atoms with van der Waals surface area (Å²) < 4.78 is 0. The summed E-state index contributed by atoms with van der Waals surface area (Å²) in [5, 5.41) is 5.10. The Labute approximate surface area is 334 Å². The average molecular weight is 768 g/mol. The predicted octanol–water partition coefficient (Wildman–Crippen LogP) is 13.8. The van der Waals surface area contributed by atoms with Crippen molar-refractivity contribution in [2.75, 3.05) is 0 Å². The summed E-state index contributed by atoms with van der Waals surface area (Å²) in [6.45, 7) is 17.6. The van der Waals surface area contributed by atoms with Gasteiger partial charge >= 0.3 is 26.2 Å². The minimum Gasteiger partial charge on any atom is -0.295 e. The predicted molar refractivity (Wildman–Crippen MR) is 223 cm³/mol. The van der Waals surface area contributed by atoms with Gasteiger partial charge in [0.2, 0.25) is 0 Å². The number of nitrogens with zero attached hydrogens (tertiary/aromatic N) is 2. The SMILES string of the molecule is Cc1ccc(-c2cc3c(-c4ccc(C(C)(C)C)cc4)cccc3[cH-]2)nc1.Cc1ccc(-c2cc3c(-c4ccc(C(C)(C)C)cc4)cccc3[cH-]2)nc1.[Zr+2]. The Morgan fingerprint density at radius 3 is 1.15 bits per heavy atom. The number of hydrogen-bond donors (Lipinski definition) is 0. The van der Waals surface area contributed by atoms with Crippen LogP contribution in [0.15, 0.2) is 146 Å². The van der Waals surface area contributed by atoms with E-state index in [0.29, 0.717) is 0 Å². The van der Waals surface area contributed by atoms with Gasteiger partial charge in [0.15, 0.2) is 0 Å². The third kappa shape index (κ3) is 8.42. The molecule has 0 N–H and O–H groups in total. The van der Waals surface area contributed by atoms with E-state index in [0.717, 1.165) is 11.4 Å². The Bertz CT molecular complexity index is 2270. The molecule has 2 nitrogen and oxygen atoms in total. The Balaban J connectivity index is 0.000000178. The van der Waals surface area contributed by atoms with Crippen molar-refractivity contribution in [2.45, 2.75) is 66.2 Å². The van der Waals surface area contributed by atoms with Crippen LogP contribution in [0.1, 0.15) is 63.8 Å². The van der Waals surface area contributed by atoms with E-state index in [9.17, 15) is 0 Å². The van der Waals surface area contributed by atoms with Crippen molar-refractivity contribution in [3.05, 3.63) is 168 Å². The van der Waals surface area contributed by atoms with Crippen molar-refractivity contribution in [1.82, 2.24) is 9.97 Å². The largest absolute Gasteiger partial charge is 2.00 e. The first-order chi connectivity index (χ1) is 24.8. The fourth-order valence-corrected chi connectivity index (χ4v) is 6.85. The van der Waals surface area contributed by atoms with E-state index < -0.39 is 0 Å². The Morgan fingerprint density at radius 2 is 0.830 bits per heavy atom. The van der Waals surface area contributed by atoms with Gasteiger partial charge in [-0.2, -0.15) is 0 Å². The molecule has 53 heavy (non-hydrogen) atoms. The van der Waals surface area contributed by atoms with Gasteiger partial charge in [0, 0.05) is 23.8 Å². The Kier molecular flexibility index (Phi) is 11.0. The molecule has 6 aromatic carbocycles. The van der Waals surface area contributed by atoms with Gasteiger partial charge in [0.05, 0.1) is 0 Å². The van der Waals surface area contributed by atoms with Crippen LogP contribution in [0.5, 0.6) is 0 Å². The normalized spacial score (nSPS) is 11.6. The summed E-state index contributed by atoms with van der Waals surface area (Å²) in [4.78, 5) is 9.17. The molecular weight excluding hydrogens is 720 g/mol. The van der Waals surface area contributed by atoms with Crippen LogP contribution >= 0.6 is 0 Å². The minimum atomic E-state index is 0. The van der Waals surface area contributed by atoms with Gasteiger partial charge in [-0.25, -0.2) is 0 Å². The van der Waals surface area contributed by atoms with Gasteiger partial charge in [-0.3, -0.25) is 9.97 Å². The maximum Gasteiger partial charge on any atom is 2.00 e. The van der Waals surface area contributed by atoms with Crippen molar-refractivity contribution in [2.24, 2.45) is 0 Å². The number of pyridine rings is 2. The molecule has 2 heterocycles. The molecule has 3 heteroatoms. The van der Waals surface area contributed by atoms with Crippen LogP contribution in [-0.4, -0.2) is 9.97 Å². The smallest absolute Gasteiger partial charge is 0.295 e. The molecule has 262 valence electrons. The number of hydrogen-bond acceptors (Lipinski definition) is 2. The van der Waals surface area contributed by atoms with Crippen molar-refractivity contribution in [3.8, 4) is 44.8 Å². The fraction of sp³-hybridized carbons (Fsp3) is 0.200. The monoisotopic (exact) mass is 766 g/mol. The second-order valence-corrected chi connectivity index (χ2v) is 16.2. The van der Waals surface area contributed by atoms with Gasteiger partial charge in [-0.1, -0.05) is 150 Å². The van der Waals surface area contributed by atoms with E-state index in [1.165, 1.54) is 77.2 Å². The molecule has 8 aromatic rings. The van der Waals surface area contributed by atoms with Crippen molar-refractivity contribution in [1.29, 1.82) is 0 Å². The number of fused-ring (bicyclic) bond motifs is 2. The van der Waals surface area contributed by atoms with Gasteiger partial charge in [-0.15, -0.1) is 69.1 Å². The van der Waals surface area contributed by atoms with Gasteiger partial charge in [-0.05, 0) is 58.1 Å². The molecule has 0 aliphatic carbocycles. The van der Waals surface area contributed by atoms with E-state index in [-0.39, 0.29) is 37.0 Å². The molecule has 0 radical (unpaired) electrons. The second kappa shape index (κ2) is 15.3. The zero-order valence-corrected chi connectivity index (χ0v) is 34.7. The van der Waals surface area contributed by atoms with Crippen molar-refractivity contribution < 1.29 is 26.2 Å². The van der Waals surface area contributed by atoms with Gasteiger partial charge in [0.25, 0.3) is 0 Å². The van der Waals surface area contributed by atoms with Gasteiger partial charge in [0.1, 0.15) is 0 Å². The summed E-state index contributed by atoms with van der Waals surface area (Å²) in [6.07, 6.45) is 3.86. The average Bonchev–Trinajstić information content (AvgIpc) is 3.77. The standard InChI is InChI=1S/2C25H24N.Zr/c2*1-17-8-13-24(26-16-17)20-14-19-6-5-7-22(23(19)15-20)18-9-11-21(12-10-18)25(2,3)4;/h2*5-16H,1-4H3;/q2*-1;+2. The fourth-order valence-electron chi connectivity index (χ4n) is 6.85. The number of benzene rings is 4. The minimum absolute atomic E-state index is 0. The third-order valence-electron chi connectivity index (χ3n) is 10.0. The van der Waals surface area contributed by atoms with Crippen LogP contribution in [0.4, 0.5) is 0 Å². The van der Waals surface area contributed by atoms with E-state index in [1.54, 1.807) is 0 Å². The molecule has 0 bridgehead atoms. The zero-order valence-electron chi connectivity index (χ0n) is 32.3. The molecule has 0 unspecified atom stereocenters. The van der Waals surface area contributed by atoms with Crippen LogP contribution in [-0.2, 0) is 37.0 Å². The summed E-state index contributed by atoms with van der Waals surface area (Å²) in [5.41, 5.74) is 14.9. The van der Waals surface area contributed by atoms with E-state index in [1.807, 2.05) is 12.4 Å². The Hall–Kier alpha value is -4.72. The quantitative estimate of drug-likeness (QED) is 0.167. The number of aryl methyl sites for hydroxylation is 2. The molecule has 2 aromatic heterocycles. The molecular formula is C50H48N2Zr. The molecule has 0 aliphatic rings. The summed E-state index contributed by atoms with van der Waals surface area (Å²) in [7, 11) is 0. The number of rotatable bonds is 4.